The molecule has 0 N–H and O–H groups in total. The van der Waals surface area contributed by atoms with Crippen LogP contribution in [0, 0.1) is 0 Å². The zero-order valence-electron chi connectivity index (χ0n) is 19.5. The number of ether oxygens (including phenoxy) is 1. The normalized spacial score (nSPS) is 17.6. The first kappa shape index (κ1) is 25.3. The molecule has 2 amide bonds. The fourth-order valence-electron chi connectivity index (χ4n) is 3.55. The third-order valence-corrected chi connectivity index (χ3v) is 6.45. The summed E-state index contributed by atoms with van der Waals surface area (Å²) in [6.07, 6.45) is 5.38. The number of likely N-dealkylation sites (N-methyl/N-ethyl adjacent to an activating group) is 1. The van der Waals surface area contributed by atoms with Crippen molar-refractivity contribution in [1.29, 1.82) is 0 Å². The van der Waals surface area contributed by atoms with Gasteiger partial charge in [0, 0.05) is 50.7 Å². The van der Waals surface area contributed by atoms with E-state index < -0.39 is 9.84 Å². The van der Waals surface area contributed by atoms with E-state index in [2.05, 4.69) is 11.6 Å². The lowest BCUT2D eigenvalue weighted by Crippen LogP contribution is -2.39. The standard InChI is InChI=1S/C23H31N3O5S/c1-8-21-19(11-9-15(2)26(21)17(4)27)23(31-14-22(28)25(5)6)16(3)20-12-10-18(13-24-20)32(7,29)30/h8,10,12-13,15H,1,9,11,14H2,2-7H3/b23-16-/t15-/m0/s1. The van der Waals surface area contributed by atoms with E-state index in [4.69, 9.17) is 4.74 Å². The molecule has 0 bridgehead atoms. The molecule has 0 fully saturated rings. The predicted octanol–water partition coefficient (Wildman–Crippen LogP) is 2.79. The van der Waals surface area contributed by atoms with Gasteiger partial charge in [-0.25, -0.2) is 8.42 Å². The van der Waals surface area contributed by atoms with Crippen LogP contribution in [0.5, 0.6) is 0 Å². The summed E-state index contributed by atoms with van der Waals surface area (Å²) in [7, 11) is -0.0984. The van der Waals surface area contributed by atoms with Crippen molar-refractivity contribution in [2.45, 2.75) is 44.6 Å². The first-order valence-corrected chi connectivity index (χ1v) is 12.1. The van der Waals surface area contributed by atoms with Gasteiger partial charge in [0.2, 0.25) is 5.91 Å². The number of carbonyl (C=O) groups excluding carboxylic acids is 2. The second-order valence-corrected chi connectivity index (χ2v) is 10.0. The van der Waals surface area contributed by atoms with Gasteiger partial charge in [0.15, 0.2) is 16.4 Å². The monoisotopic (exact) mass is 461 g/mol. The molecular weight excluding hydrogens is 430 g/mol. The third kappa shape index (κ3) is 5.64. The number of aromatic nitrogens is 1. The van der Waals surface area contributed by atoms with Crippen LogP contribution in [0.1, 0.15) is 39.3 Å². The Morgan fingerprint density at radius 2 is 1.97 bits per heavy atom. The highest BCUT2D eigenvalue weighted by atomic mass is 32.2. The van der Waals surface area contributed by atoms with Crippen LogP contribution in [-0.2, 0) is 24.2 Å². The van der Waals surface area contributed by atoms with E-state index in [1.807, 2.05) is 6.92 Å². The smallest absolute Gasteiger partial charge is 0.259 e. The molecule has 0 saturated heterocycles. The minimum atomic E-state index is -3.38. The van der Waals surface area contributed by atoms with Crippen LogP contribution in [-0.4, -0.2) is 68.0 Å². The number of carbonyl (C=O) groups is 2. The van der Waals surface area contributed by atoms with Gasteiger partial charge in [-0.1, -0.05) is 6.58 Å². The van der Waals surface area contributed by atoms with E-state index in [0.29, 0.717) is 35.6 Å². The van der Waals surface area contributed by atoms with E-state index in [9.17, 15) is 18.0 Å². The van der Waals surface area contributed by atoms with E-state index in [0.717, 1.165) is 11.8 Å². The lowest BCUT2D eigenvalue weighted by atomic mass is 9.92. The fourth-order valence-corrected chi connectivity index (χ4v) is 4.11. The van der Waals surface area contributed by atoms with Gasteiger partial charge in [-0.3, -0.25) is 14.6 Å². The van der Waals surface area contributed by atoms with E-state index in [1.165, 1.54) is 24.1 Å². The maximum Gasteiger partial charge on any atom is 0.259 e. The lowest BCUT2D eigenvalue weighted by Gasteiger charge is -2.36. The zero-order valence-corrected chi connectivity index (χ0v) is 20.3. The fraction of sp³-hybridized carbons (Fsp3) is 0.435. The number of rotatable bonds is 7. The van der Waals surface area contributed by atoms with Crippen LogP contribution in [0.4, 0.5) is 0 Å². The van der Waals surface area contributed by atoms with Crippen molar-refractivity contribution in [1.82, 2.24) is 14.8 Å². The summed E-state index contributed by atoms with van der Waals surface area (Å²) >= 11 is 0. The Hall–Kier alpha value is -2.94. The summed E-state index contributed by atoms with van der Waals surface area (Å²) in [5.74, 6) is 0.110. The van der Waals surface area contributed by atoms with E-state index in [-0.39, 0.29) is 29.4 Å². The van der Waals surface area contributed by atoms with Gasteiger partial charge in [0.1, 0.15) is 5.76 Å². The molecule has 2 heterocycles. The Balaban J connectivity index is 2.66. The number of nitrogens with zero attached hydrogens (tertiary/aromatic N) is 3. The molecule has 0 aliphatic carbocycles. The van der Waals surface area contributed by atoms with Crippen molar-refractivity contribution >= 4 is 27.2 Å². The van der Waals surface area contributed by atoms with Gasteiger partial charge in [0.05, 0.1) is 16.3 Å². The second-order valence-electron chi connectivity index (χ2n) is 8.03. The molecule has 9 heteroatoms. The Labute approximate surface area is 190 Å². The molecule has 174 valence electrons. The zero-order chi connectivity index (χ0) is 24.2. The van der Waals surface area contributed by atoms with Crippen molar-refractivity contribution in [3.8, 4) is 0 Å². The second kappa shape index (κ2) is 10.1. The summed E-state index contributed by atoms with van der Waals surface area (Å²) in [6, 6.07) is 3.09. The number of allylic oxidation sites excluding steroid dienone is 3. The maximum atomic E-state index is 12.3. The highest BCUT2D eigenvalue weighted by molar-refractivity contribution is 7.90. The molecule has 1 aliphatic rings. The highest BCUT2D eigenvalue weighted by Crippen LogP contribution is 2.36. The molecule has 1 aromatic heterocycles. The Kier molecular flexibility index (Phi) is 8.01. The van der Waals surface area contributed by atoms with E-state index >= 15 is 0 Å². The Morgan fingerprint density at radius 3 is 2.44 bits per heavy atom. The first-order chi connectivity index (χ1) is 14.9. The van der Waals surface area contributed by atoms with Crippen molar-refractivity contribution in [3.05, 3.63) is 53.7 Å². The topological polar surface area (TPSA) is 96.9 Å². The van der Waals surface area contributed by atoms with Crippen LogP contribution in [0.3, 0.4) is 0 Å². The molecule has 0 spiro atoms. The highest BCUT2D eigenvalue weighted by Gasteiger charge is 2.30. The Bertz CT molecular complexity index is 1070. The Morgan fingerprint density at radius 1 is 1.31 bits per heavy atom. The quantitative estimate of drug-likeness (QED) is 0.579. The minimum Gasteiger partial charge on any atom is -0.483 e. The molecule has 1 aromatic rings. The van der Waals surface area contributed by atoms with E-state index in [1.54, 1.807) is 38.1 Å². The van der Waals surface area contributed by atoms with Crippen molar-refractivity contribution in [2.75, 3.05) is 27.0 Å². The average Bonchev–Trinajstić information content (AvgIpc) is 2.72. The van der Waals surface area contributed by atoms with Crippen molar-refractivity contribution in [2.24, 2.45) is 0 Å². The SMILES string of the molecule is C=CC1=C(/C(OCC(=O)N(C)C)=C(\C)c2ccc(S(C)(=O)=O)cn2)CC[C@H](C)N1C(C)=O. The number of amides is 2. The molecule has 0 unspecified atom stereocenters. The average molecular weight is 462 g/mol. The van der Waals surface area contributed by atoms with Gasteiger partial charge in [0.25, 0.3) is 5.91 Å². The molecule has 8 nitrogen and oxygen atoms in total. The van der Waals surface area contributed by atoms with Crippen molar-refractivity contribution < 1.29 is 22.7 Å². The lowest BCUT2D eigenvalue weighted by molar-refractivity contribution is -0.132. The number of hydrogen-bond donors (Lipinski definition) is 0. The molecule has 1 atom stereocenters. The number of hydrogen-bond acceptors (Lipinski definition) is 6. The molecule has 0 saturated carbocycles. The summed E-state index contributed by atoms with van der Waals surface area (Å²) < 4.78 is 29.5. The van der Waals surface area contributed by atoms with Gasteiger partial charge in [-0.15, -0.1) is 0 Å². The van der Waals surface area contributed by atoms with Crippen LogP contribution < -0.4 is 0 Å². The molecule has 1 aliphatic heterocycles. The van der Waals surface area contributed by atoms with Gasteiger partial charge >= 0.3 is 0 Å². The van der Waals surface area contributed by atoms with Crippen LogP contribution >= 0.6 is 0 Å². The number of sulfone groups is 1. The van der Waals surface area contributed by atoms with Crippen LogP contribution in [0.25, 0.3) is 5.57 Å². The van der Waals surface area contributed by atoms with Gasteiger partial charge in [-0.05, 0) is 44.9 Å². The summed E-state index contributed by atoms with van der Waals surface area (Å²) in [4.78, 5) is 32.1. The van der Waals surface area contributed by atoms with Gasteiger partial charge in [-0.2, -0.15) is 0 Å². The first-order valence-electron chi connectivity index (χ1n) is 10.2. The van der Waals surface area contributed by atoms with Crippen LogP contribution in [0.2, 0.25) is 0 Å². The summed E-state index contributed by atoms with van der Waals surface area (Å²) in [6.45, 7) is 8.97. The molecular formula is C23H31N3O5S. The van der Waals surface area contributed by atoms with Crippen LogP contribution in [0.15, 0.2) is 52.9 Å². The minimum absolute atomic E-state index is 0.00128. The van der Waals surface area contributed by atoms with Gasteiger partial charge < -0.3 is 14.5 Å². The molecule has 2 rings (SSSR count). The molecule has 0 aromatic carbocycles. The largest absolute Gasteiger partial charge is 0.483 e. The summed E-state index contributed by atoms with van der Waals surface area (Å²) in [5.41, 5.74) is 2.53. The number of pyridine rings is 1. The predicted molar refractivity (Wildman–Crippen MR) is 123 cm³/mol. The summed E-state index contributed by atoms with van der Waals surface area (Å²) in [5, 5.41) is 0. The maximum absolute atomic E-state index is 12.3. The molecule has 32 heavy (non-hydrogen) atoms. The van der Waals surface area contributed by atoms with Crippen molar-refractivity contribution in [3.63, 3.8) is 0 Å². The third-order valence-electron chi connectivity index (χ3n) is 5.36. The molecule has 0 radical (unpaired) electrons.